The molecule has 0 saturated carbocycles. The van der Waals surface area contributed by atoms with E-state index < -0.39 is 18.2 Å². The van der Waals surface area contributed by atoms with E-state index in [0.29, 0.717) is 19.0 Å². The normalized spacial score (nSPS) is 18.0. The van der Waals surface area contributed by atoms with Crippen molar-refractivity contribution < 1.29 is 17.6 Å². The number of halogens is 4. The largest absolute Gasteiger partial charge is 0.365 e. The molecule has 1 aliphatic heterocycles. The molecule has 5 nitrogen and oxygen atoms in total. The van der Waals surface area contributed by atoms with Crippen LogP contribution in [-0.2, 0) is 5.92 Å². The molecule has 114 valence electrons. The summed E-state index contributed by atoms with van der Waals surface area (Å²) in [6.45, 7) is 2.16. The number of hydrogen-bond donors (Lipinski definition) is 2. The quantitative estimate of drug-likeness (QED) is 0.810. The molecule has 0 atom stereocenters. The molecule has 0 aliphatic carbocycles. The summed E-state index contributed by atoms with van der Waals surface area (Å²) >= 11 is 0. The number of anilines is 1. The Balaban J connectivity index is 2.00. The Hall–Kier alpha value is -1.38. The van der Waals surface area contributed by atoms with E-state index in [2.05, 4.69) is 15.4 Å². The van der Waals surface area contributed by atoms with E-state index in [9.17, 15) is 17.6 Å². The molecular weight excluding hydrogens is 278 g/mol. The summed E-state index contributed by atoms with van der Waals surface area (Å²) in [5, 5.41) is 8.63. The topological polar surface area (TPSA) is 56.8 Å². The number of piperidine rings is 1. The lowest BCUT2D eigenvalue weighted by Crippen LogP contribution is -2.37. The van der Waals surface area contributed by atoms with Crippen molar-refractivity contribution in [2.75, 3.05) is 31.6 Å². The van der Waals surface area contributed by atoms with Crippen LogP contribution in [0.25, 0.3) is 0 Å². The summed E-state index contributed by atoms with van der Waals surface area (Å²) in [5.41, 5.74) is 0. The van der Waals surface area contributed by atoms with Gasteiger partial charge in [0, 0.05) is 13.1 Å². The summed E-state index contributed by atoms with van der Waals surface area (Å²) < 4.78 is 50.7. The SMILES string of the molecule is CNCC1CCN(c2n[nH]c(C(F)(F)C(F)F)n2)CC1. The second-order valence-electron chi connectivity index (χ2n) is 4.90. The molecule has 0 spiro atoms. The molecular formula is C11H17F4N5. The van der Waals surface area contributed by atoms with E-state index in [1.165, 1.54) is 0 Å². The maximum Gasteiger partial charge on any atom is 0.365 e. The molecule has 1 saturated heterocycles. The maximum absolute atomic E-state index is 13.1. The fourth-order valence-electron chi connectivity index (χ4n) is 2.27. The van der Waals surface area contributed by atoms with Gasteiger partial charge >= 0.3 is 12.3 Å². The van der Waals surface area contributed by atoms with Crippen molar-refractivity contribution in [3.63, 3.8) is 0 Å². The number of hydrogen-bond acceptors (Lipinski definition) is 4. The van der Waals surface area contributed by atoms with E-state index in [-0.39, 0.29) is 5.95 Å². The van der Waals surface area contributed by atoms with Gasteiger partial charge in [0.2, 0.25) is 11.8 Å². The van der Waals surface area contributed by atoms with Crippen molar-refractivity contribution in [1.29, 1.82) is 0 Å². The molecule has 2 heterocycles. The first-order valence-corrected chi connectivity index (χ1v) is 6.43. The zero-order valence-corrected chi connectivity index (χ0v) is 11.0. The average Bonchev–Trinajstić information content (AvgIpc) is 2.90. The Labute approximate surface area is 113 Å². The van der Waals surface area contributed by atoms with Crippen molar-refractivity contribution in [3.8, 4) is 0 Å². The zero-order valence-electron chi connectivity index (χ0n) is 11.0. The molecule has 2 rings (SSSR count). The number of nitrogens with one attached hydrogen (secondary N) is 2. The van der Waals surface area contributed by atoms with Crippen LogP contribution in [0.1, 0.15) is 18.7 Å². The zero-order chi connectivity index (χ0) is 14.8. The van der Waals surface area contributed by atoms with Crippen LogP contribution < -0.4 is 10.2 Å². The smallest absolute Gasteiger partial charge is 0.340 e. The third-order valence-electron chi connectivity index (χ3n) is 3.45. The molecule has 0 aromatic carbocycles. The van der Waals surface area contributed by atoms with Crippen LogP contribution in [0, 0.1) is 5.92 Å². The molecule has 2 N–H and O–H groups in total. The van der Waals surface area contributed by atoms with Crippen LogP contribution >= 0.6 is 0 Å². The highest BCUT2D eigenvalue weighted by atomic mass is 19.3. The van der Waals surface area contributed by atoms with Gasteiger partial charge < -0.3 is 10.2 Å². The molecule has 0 radical (unpaired) electrons. The van der Waals surface area contributed by atoms with Crippen LogP contribution in [0.4, 0.5) is 23.5 Å². The monoisotopic (exact) mass is 295 g/mol. The molecule has 1 aromatic heterocycles. The second-order valence-corrected chi connectivity index (χ2v) is 4.90. The molecule has 1 aliphatic rings. The Morgan fingerprint density at radius 1 is 1.40 bits per heavy atom. The van der Waals surface area contributed by atoms with E-state index in [0.717, 1.165) is 19.4 Å². The predicted octanol–water partition coefficient (Wildman–Crippen LogP) is 1.60. The first kappa shape index (κ1) is 15.0. The molecule has 0 unspecified atom stereocenters. The molecule has 0 bridgehead atoms. The van der Waals surface area contributed by atoms with Gasteiger partial charge in [0.05, 0.1) is 0 Å². The highest BCUT2D eigenvalue weighted by Crippen LogP contribution is 2.33. The highest BCUT2D eigenvalue weighted by molar-refractivity contribution is 5.30. The highest BCUT2D eigenvalue weighted by Gasteiger charge is 2.46. The summed E-state index contributed by atoms with van der Waals surface area (Å²) in [4.78, 5) is 5.24. The van der Waals surface area contributed by atoms with Crippen molar-refractivity contribution in [2.24, 2.45) is 5.92 Å². The molecule has 20 heavy (non-hydrogen) atoms. The number of aromatic nitrogens is 3. The fraction of sp³-hybridized carbons (Fsp3) is 0.818. The van der Waals surface area contributed by atoms with E-state index in [1.54, 1.807) is 4.90 Å². The van der Waals surface area contributed by atoms with E-state index >= 15 is 0 Å². The number of H-pyrrole nitrogens is 1. The Bertz CT molecular complexity index is 428. The number of aromatic amines is 1. The Morgan fingerprint density at radius 2 is 2.05 bits per heavy atom. The van der Waals surface area contributed by atoms with Gasteiger partial charge in [0.1, 0.15) is 0 Å². The van der Waals surface area contributed by atoms with Gasteiger partial charge in [0.25, 0.3) is 0 Å². The van der Waals surface area contributed by atoms with Crippen LogP contribution in [0.15, 0.2) is 0 Å². The fourth-order valence-corrected chi connectivity index (χ4v) is 2.27. The minimum absolute atomic E-state index is 0.0585. The minimum atomic E-state index is -4.30. The Morgan fingerprint density at radius 3 is 2.60 bits per heavy atom. The lowest BCUT2D eigenvalue weighted by atomic mass is 9.97. The lowest BCUT2D eigenvalue weighted by Gasteiger charge is -2.31. The third-order valence-corrected chi connectivity index (χ3v) is 3.45. The summed E-state index contributed by atoms with van der Waals surface area (Å²) in [7, 11) is 1.88. The van der Waals surface area contributed by atoms with Crippen LogP contribution in [0.3, 0.4) is 0 Å². The van der Waals surface area contributed by atoms with Crippen molar-refractivity contribution >= 4 is 5.95 Å². The minimum Gasteiger partial charge on any atom is -0.340 e. The van der Waals surface area contributed by atoms with Crippen LogP contribution in [0.2, 0.25) is 0 Å². The maximum atomic E-state index is 13.1. The van der Waals surface area contributed by atoms with Crippen molar-refractivity contribution in [3.05, 3.63) is 5.82 Å². The number of alkyl halides is 4. The van der Waals surface area contributed by atoms with Gasteiger partial charge in [-0.2, -0.15) is 13.8 Å². The number of nitrogens with zero attached hydrogens (tertiary/aromatic N) is 3. The first-order chi connectivity index (χ1) is 9.45. The average molecular weight is 295 g/mol. The summed E-state index contributed by atoms with van der Waals surface area (Å²) in [6.07, 6.45) is -2.03. The van der Waals surface area contributed by atoms with E-state index in [4.69, 9.17) is 0 Å². The van der Waals surface area contributed by atoms with Gasteiger partial charge in [-0.15, -0.1) is 5.10 Å². The number of rotatable bonds is 5. The molecule has 0 amide bonds. The summed E-state index contributed by atoms with van der Waals surface area (Å²) in [5.74, 6) is -4.80. The van der Waals surface area contributed by atoms with Gasteiger partial charge in [-0.25, -0.2) is 8.78 Å². The predicted molar refractivity (Wildman–Crippen MR) is 65.1 cm³/mol. The second kappa shape index (κ2) is 5.94. The Kier molecular flexibility index (Phi) is 4.46. The van der Waals surface area contributed by atoms with Gasteiger partial charge in [-0.3, -0.25) is 5.10 Å². The molecule has 1 fully saturated rings. The van der Waals surface area contributed by atoms with Gasteiger partial charge in [-0.05, 0) is 32.4 Å². The van der Waals surface area contributed by atoms with E-state index in [1.807, 2.05) is 12.1 Å². The van der Waals surface area contributed by atoms with Gasteiger partial charge in [-0.1, -0.05) is 0 Å². The lowest BCUT2D eigenvalue weighted by molar-refractivity contribution is -0.140. The third kappa shape index (κ3) is 3.02. The van der Waals surface area contributed by atoms with Gasteiger partial charge in [0.15, 0.2) is 0 Å². The van der Waals surface area contributed by atoms with Crippen LogP contribution in [-0.4, -0.2) is 48.3 Å². The molecule has 1 aromatic rings. The standard InChI is InChI=1S/C11H17F4N5/c1-16-6-7-2-4-20(5-3-7)10-17-9(18-19-10)11(14,15)8(12)13/h7-8,16H,2-6H2,1H3,(H,17,18,19). The van der Waals surface area contributed by atoms with Crippen molar-refractivity contribution in [2.45, 2.75) is 25.2 Å². The first-order valence-electron chi connectivity index (χ1n) is 6.43. The summed E-state index contributed by atoms with van der Waals surface area (Å²) in [6, 6.07) is 0. The van der Waals surface area contributed by atoms with Crippen LogP contribution in [0.5, 0.6) is 0 Å². The molecule has 9 heteroatoms. The van der Waals surface area contributed by atoms with Crippen molar-refractivity contribution in [1.82, 2.24) is 20.5 Å².